The summed E-state index contributed by atoms with van der Waals surface area (Å²) in [5.41, 5.74) is 3.17. The molecule has 1 aromatic heterocycles. The Labute approximate surface area is 215 Å². The molecule has 0 aliphatic heterocycles. The topological polar surface area (TPSA) is 87.6 Å². The number of aromatic nitrogens is 2. The SMILES string of the molecule is CCOC(=O)C(Oc1cc(OCc2ccc3nsnc3c2)ccc1C(C)=O)c1ccc(Cl)cc1Cl. The Hall–Kier alpha value is -3.20. The van der Waals surface area contributed by atoms with E-state index < -0.39 is 12.1 Å². The Bertz CT molecular complexity index is 1390. The van der Waals surface area contributed by atoms with Gasteiger partial charge in [0.2, 0.25) is 6.10 Å². The summed E-state index contributed by atoms with van der Waals surface area (Å²) < 4.78 is 25.6. The van der Waals surface area contributed by atoms with Gasteiger partial charge in [-0.15, -0.1) is 0 Å². The fourth-order valence-corrected chi connectivity index (χ4v) is 4.39. The van der Waals surface area contributed by atoms with Crippen LogP contribution < -0.4 is 9.47 Å². The highest BCUT2D eigenvalue weighted by Gasteiger charge is 2.28. The molecule has 0 radical (unpaired) electrons. The number of ketones is 1. The molecule has 1 atom stereocenters. The molecule has 3 aromatic carbocycles. The number of fused-ring (bicyclic) bond motifs is 1. The number of hydrogen-bond acceptors (Lipinski definition) is 8. The second-order valence-electron chi connectivity index (χ2n) is 7.51. The van der Waals surface area contributed by atoms with E-state index in [0.29, 0.717) is 16.3 Å². The summed E-state index contributed by atoms with van der Waals surface area (Å²) in [6.45, 7) is 3.50. The van der Waals surface area contributed by atoms with Crippen LogP contribution in [0.25, 0.3) is 11.0 Å². The van der Waals surface area contributed by atoms with Gasteiger partial charge in [0.15, 0.2) is 5.78 Å². The number of rotatable bonds is 9. The molecule has 0 spiro atoms. The zero-order valence-electron chi connectivity index (χ0n) is 18.8. The normalized spacial score (nSPS) is 11.8. The van der Waals surface area contributed by atoms with Gasteiger partial charge in [-0.3, -0.25) is 4.79 Å². The minimum absolute atomic E-state index is 0.144. The van der Waals surface area contributed by atoms with Gasteiger partial charge in [0.1, 0.15) is 29.1 Å². The summed E-state index contributed by atoms with van der Waals surface area (Å²) in [5.74, 6) is -0.273. The molecular weight excluding hydrogens is 511 g/mol. The third kappa shape index (κ3) is 5.90. The van der Waals surface area contributed by atoms with Crippen LogP contribution in [0.1, 0.15) is 41.4 Å². The molecule has 7 nitrogen and oxygen atoms in total. The van der Waals surface area contributed by atoms with Crippen LogP contribution in [0.2, 0.25) is 10.0 Å². The molecule has 0 saturated heterocycles. The zero-order valence-corrected chi connectivity index (χ0v) is 21.1. The fraction of sp³-hybridized carbons (Fsp3) is 0.200. The maximum absolute atomic E-state index is 12.8. The van der Waals surface area contributed by atoms with E-state index >= 15 is 0 Å². The standard InChI is InChI=1S/C25H20Cl2N2O5S/c1-3-32-25(31)24(19-7-5-16(26)11-20(19)27)34-23-12-17(6-8-18(23)14(2)30)33-13-15-4-9-21-22(10-15)29-35-28-21/h4-12,24H,3,13H2,1-2H3. The second kappa shape index (κ2) is 11.0. The largest absolute Gasteiger partial charge is 0.489 e. The van der Waals surface area contributed by atoms with E-state index in [9.17, 15) is 9.59 Å². The van der Waals surface area contributed by atoms with Gasteiger partial charge < -0.3 is 14.2 Å². The fourth-order valence-electron chi connectivity index (χ4n) is 3.36. The van der Waals surface area contributed by atoms with Gasteiger partial charge in [0, 0.05) is 21.7 Å². The van der Waals surface area contributed by atoms with Crippen molar-refractivity contribution in [2.45, 2.75) is 26.6 Å². The Balaban J connectivity index is 1.63. The van der Waals surface area contributed by atoms with Crippen molar-refractivity contribution < 1.29 is 23.8 Å². The smallest absolute Gasteiger partial charge is 0.352 e. The minimum atomic E-state index is -1.22. The summed E-state index contributed by atoms with van der Waals surface area (Å²) in [4.78, 5) is 25.1. The molecule has 4 aromatic rings. The van der Waals surface area contributed by atoms with Crippen molar-refractivity contribution in [3.8, 4) is 11.5 Å². The van der Waals surface area contributed by atoms with Gasteiger partial charge in [0.05, 0.1) is 23.9 Å². The van der Waals surface area contributed by atoms with Crippen molar-refractivity contribution in [1.82, 2.24) is 8.75 Å². The number of Topliss-reactive ketones (excluding diaryl/α,β-unsaturated/α-hetero) is 1. The molecule has 0 amide bonds. The molecule has 0 bridgehead atoms. The second-order valence-corrected chi connectivity index (χ2v) is 8.88. The van der Waals surface area contributed by atoms with Gasteiger partial charge in [0.25, 0.3) is 0 Å². The first-order valence-electron chi connectivity index (χ1n) is 10.6. The van der Waals surface area contributed by atoms with Crippen LogP contribution in [-0.2, 0) is 16.1 Å². The summed E-state index contributed by atoms with van der Waals surface area (Å²) in [7, 11) is 0. The average Bonchev–Trinajstić information content (AvgIpc) is 3.29. The quantitative estimate of drug-likeness (QED) is 0.181. The van der Waals surface area contributed by atoms with Crippen LogP contribution in [0, 0.1) is 0 Å². The number of ether oxygens (including phenoxy) is 3. The van der Waals surface area contributed by atoms with E-state index in [1.54, 1.807) is 37.3 Å². The number of hydrogen-bond donors (Lipinski definition) is 0. The van der Waals surface area contributed by atoms with E-state index in [4.69, 9.17) is 37.4 Å². The molecule has 180 valence electrons. The number of carbonyl (C=O) groups is 2. The van der Waals surface area contributed by atoms with Crippen LogP contribution in [0.3, 0.4) is 0 Å². The van der Waals surface area contributed by atoms with Crippen molar-refractivity contribution in [1.29, 1.82) is 0 Å². The Morgan fingerprint density at radius 3 is 2.54 bits per heavy atom. The molecule has 0 saturated carbocycles. The van der Waals surface area contributed by atoms with Gasteiger partial charge in [-0.05, 0) is 55.8 Å². The molecule has 0 fully saturated rings. The molecule has 1 heterocycles. The van der Waals surface area contributed by atoms with Gasteiger partial charge >= 0.3 is 5.97 Å². The van der Waals surface area contributed by atoms with Crippen LogP contribution in [-0.4, -0.2) is 27.1 Å². The van der Waals surface area contributed by atoms with E-state index in [2.05, 4.69) is 8.75 Å². The van der Waals surface area contributed by atoms with Crippen molar-refractivity contribution >= 4 is 57.7 Å². The van der Waals surface area contributed by atoms with Crippen molar-refractivity contribution in [3.63, 3.8) is 0 Å². The first-order valence-corrected chi connectivity index (χ1v) is 12.1. The zero-order chi connectivity index (χ0) is 24.9. The maximum atomic E-state index is 12.8. The predicted molar refractivity (Wildman–Crippen MR) is 135 cm³/mol. The highest BCUT2D eigenvalue weighted by atomic mass is 35.5. The highest BCUT2D eigenvalue weighted by molar-refractivity contribution is 7.00. The average molecular weight is 531 g/mol. The van der Waals surface area contributed by atoms with Gasteiger partial charge in [-0.2, -0.15) is 8.75 Å². The van der Waals surface area contributed by atoms with E-state index in [1.807, 2.05) is 18.2 Å². The molecule has 0 aliphatic carbocycles. The molecule has 10 heteroatoms. The molecule has 0 aliphatic rings. The van der Waals surface area contributed by atoms with Crippen LogP contribution in [0.15, 0.2) is 54.6 Å². The number of carbonyl (C=O) groups excluding carboxylic acids is 2. The molecular formula is C25H20Cl2N2O5S. The summed E-state index contributed by atoms with van der Waals surface area (Å²) >= 11 is 13.5. The lowest BCUT2D eigenvalue weighted by atomic mass is 10.1. The minimum Gasteiger partial charge on any atom is -0.489 e. The maximum Gasteiger partial charge on any atom is 0.352 e. The van der Waals surface area contributed by atoms with Crippen LogP contribution in [0.4, 0.5) is 0 Å². The third-order valence-electron chi connectivity index (χ3n) is 5.05. The number of halogens is 2. The lowest BCUT2D eigenvalue weighted by Crippen LogP contribution is -2.22. The molecule has 35 heavy (non-hydrogen) atoms. The monoisotopic (exact) mass is 530 g/mol. The lowest BCUT2D eigenvalue weighted by molar-refractivity contribution is -0.151. The van der Waals surface area contributed by atoms with E-state index in [-0.39, 0.29) is 35.3 Å². The van der Waals surface area contributed by atoms with Crippen molar-refractivity contribution in [2.24, 2.45) is 0 Å². The van der Waals surface area contributed by atoms with E-state index in [0.717, 1.165) is 28.3 Å². The molecule has 1 unspecified atom stereocenters. The molecule has 4 rings (SSSR count). The summed E-state index contributed by atoms with van der Waals surface area (Å²) in [5, 5.41) is 0.645. The van der Waals surface area contributed by atoms with E-state index in [1.165, 1.54) is 13.0 Å². The third-order valence-corrected chi connectivity index (χ3v) is 6.17. The summed E-state index contributed by atoms with van der Waals surface area (Å²) in [6, 6.07) is 15.2. The van der Waals surface area contributed by atoms with Gasteiger partial charge in [-0.1, -0.05) is 35.3 Å². The van der Waals surface area contributed by atoms with Crippen molar-refractivity contribution in [2.75, 3.05) is 6.61 Å². The van der Waals surface area contributed by atoms with Crippen LogP contribution >= 0.6 is 34.9 Å². The Morgan fingerprint density at radius 2 is 1.80 bits per heavy atom. The summed E-state index contributed by atoms with van der Waals surface area (Å²) in [6.07, 6.45) is -1.22. The number of esters is 1. The van der Waals surface area contributed by atoms with Crippen LogP contribution in [0.5, 0.6) is 11.5 Å². The Kier molecular flexibility index (Phi) is 7.85. The Morgan fingerprint density at radius 1 is 1.00 bits per heavy atom. The predicted octanol–water partition coefficient (Wildman–Crippen LogP) is 6.46. The first-order chi connectivity index (χ1) is 16.9. The number of benzene rings is 3. The lowest BCUT2D eigenvalue weighted by Gasteiger charge is -2.21. The van der Waals surface area contributed by atoms with Gasteiger partial charge in [-0.25, -0.2) is 4.79 Å². The first kappa shape index (κ1) is 24.9. The molecule has 0 N–H and O–H groups in total. The van der Waals surface area contributed by atoms with Crippen molar-refractivity contribution in [3.05, 3.63) is 81.3 Å². The number of nitrogens with zero attached hydrogens (tertiary/aromatic N) is 2. The highest BCUT2D eigenvalue weighted by Crippen LogP contribution is 2.34.